The second-order valence-corrected chi connectivity index (χ2v) is 7.30. The number of hydrogen-bond acceptors (Lipinski definition) is 5. The topological polar surface area (TPSA) is 87.8 Å². The fourth-order valence-corrected chi connectivity index (χ4v) is 3.53. The molecule has 6 nitrogen and oxygen atoms in total. The van der Waals surface area contributed by atoms with Crippen molar-refractivity contribution in [1.82, 2.24) is 0 Å². The van der Waals surface area contributed by atoms with Crippen LogP contribution in [0.4, 0.5) is 17.1 Å². The molecule has 2 aromatic carbocycles. The smallest absolute Gasteiger partial charge is 0.261 e. The van der Waals surface area contributed by atoms with E-state index in [1.54, 1.807) is 60.1 Å². The first-order valence-corrected chi connectivity index (χ1v) is 9.15. The standard InChI is InChI=1S/C17H15ClN4O2S/c18-13-3-1-4-14(11-13)21-25(23,24)15-5-6-17(16(19)12-15)22-9-2-7-20-8-10-22/h1-12,21H,19H2. The highest BCUT2D eigenvalue weighted by Crippen LogP contribution is 2.28. The molecule has 0 aromatic heterocycles. The van der Waals surface area contributed by atoms with Gasteiger partial charge in [0, 0.05) is 29.8 Å². The van der Waals surface area contributed by atoms with Gasteiger partial charge in [0.15, 0.2) is 0 Å². The van der Waals surface area contributed by atoms with Gasteiger partial charge in [0.2, 0.25) is 0 Å². The predicted molar refractivity (Wildman–Crippen MR) is 102 cm³/mol. The zero-order chi connectivity index (χ0) is 17.9. The van der Waals surface area contributed by atoms with E-state index in [0.29, 0.717) is 22.1 Å². The van der Waals surface area contributed by atoms with Crippen LogP contribution in [0.15, 0.2) is 77.0 Å². The quantitative estimate of drug-likeness (QED) is 0.800. The lowest BCUT2D eigenvalue weighted by atomic mass is 10.2. The summed E-state index contributed by atoms with van der Waals surface area (Å²) in [6.07, 6.45) is 8.51. The van der Waals surface area contributed by atoms with E-state index in [0.717, 1.165) is 0 Å². The van der Waals surface area contributed by atoms with Crippen LogP contribution in [0.1, 0.15) is 0 Å². The number of allylic oxidation sites excluding steroid dienone is 1. The molecule has 0 radical (unpaired) electrons. The Bertz CT molecular complexity index is 968. The molecule has 1 heterocycles. The first-order valence-electron chi connectivity index (χ1n) is 7.29. The Labute approximate surface area is 151 Å². The highest BCUT2D eigenvalue weighted by Gasteiger charge is 2.17. The van der Waals surface area contributed by atoms with Gasteiger partial charge in [-0.05, 0) is 42.5 Å². The van der Waals surface area contributed by atoms with Crippen molar-refractivity contribution in [3.8, 4) is 0 Å². The van der Waals surface area contributed by atoms with E-state index in [1.807, 2.05) is 0 Å². The zero-order valence-corrected chi connectivity index (χ0v) is 14.6. The Kier molecular flexibility index (Phi) is 4.78. The Morgan fingerprint density at radius 1 is 1.12 bits per heavy atom. The van der Waals surface area contributed by atoms with Crippen molar-refractivity contribution < 1.29 is 8.42 Å². The van der Waals surface area contributed by atoms with Gasteiger partial charge in [0.25, 0.3) is 10.0 Å². The van der Waals surface area contributed by atoms with Crippen molar-refractivity contribution >= 4 is 44.9 Å². The summed E-state index contributed by atoms with van der Waals surface area (Å²) in [6.45, 7) is 0. The molecule has 1 aliphatic heterocycles. The summed E-state index contributed by atoms with van der Waals surface area (Å²) in [5.74, 6) is 0. The lowest BCUT2D eigenvalue weighted by Gasteiger charge is -2.18. The molecule has 3 rings (SSSR count). The van der Waals surface area contributed by atoms with Crippen LogP contribution in [0.25, 0.3) is 0 Å². The number of sulfonamides is 1. The van der Waals surface area contributed by atoms with Gasteiger partial charge in [-0.3, -0.25) is 9.71 Å². The molecule has 0 amide bonds. The van der Waals surface area contributed by atoms with E-state index in [-0.39, 0.29) is 4.90 Å². The number of hydrogen-bond donors (Lipinski definition) is 2. The van der Waals surface area contributed by atoms with Crippen molar-refractivity contribution in [3.05, 3.63) is 72.2 Å². The molecule has 0 aliphatic carbocycles. The zero-order valence-electron chi connectivity index (χ0n) is 13.0. The molecule has 1 aliphatic rings. The number of aliphatic imine (C=N–C) groups is 1. The number of nitrogens with zero attached hydrogens (tertiary/aromatic N) is 2. The van der Waals surface area contributed by atoms with E-state index < -0.39 is 10.0 Å². The van der Waals surface area contributed by atoms with Gasteiger partial charge in [0.05, 0.1) is 22.0 Å². The average molecular weight is 375 g/mol. The Morgan fingerprint density at radius 2 is 1.96 bits per heavy atom. The van der Waals surface area contributed by atoms with Crippen LogP contribution >= 0.6 is 11.6 Å². The average Bonchev–Trinajstić information content (AvgIpc) is 2.83. The van der Waals surface area contributed by atoms with Gasteiger partial charge < -0.3 is 10.6 Å². The van der Waals surface area contributed by atoms with E-state index in [2.05, 4.69) is 9.71 Å². The first kappa shape index (κ1) is 17.1. The lowest BCUT2D eigenvalue weighted by molar-refractivity contribution is 0.601. The molecule has 0 atom stereocenters. The van der Waals surface area contributed by atoms with Crippen LogP contribution in [0.2, 0.25) is 5.02 Å². The minimum atomic E-state index is -3.78. The monoisotopic (exact) mass is 374 g/mol. The van der Waals surface area contributed by atoms with E-state index in [4.69, 9.17) is 17.3 Å². The molecule has 128 valence electrons. The molecule has 3 N–H and O–H groups in total. The number of halogens is 1. The second kappa shape index (κ2) is 7.00. The summed E-state index contributed by atoms with van der Waals surface area (Å²) < 4.78 is 27.6. The fourth-order valence-electron chi connectivity index (χ4n) is 2.25. The van der Waals surface area contributed by atoms with Crippen LogP contribution in [0.3, 0.4) is 0 Å². The normalized spacial score (nSPS) is 13.7. The molecule has 0 saturated carbocycles. The van der Waals surface area contributed by atoms with Crippen molar-refractivity contribution in [2.45, 2.75) is 4.90 Å². The molecular weight excluding hydrogens is 360 g/mol. The van der Waals surface area contributed by atoms with Gasteiger partial charge >= 0.3 is 0 Å². The number of nitrogens with one attached hydrogen (secondary N) is 1. The van der Waals surface area contributed by atoms with Gasteiger partial charge in [-0.2, -0.15) is 0 Å². The fraction of sp³-hybridized carbons (Fsp3) is 0. The largest absolute Gasteiger partial charge is 0.397 e. The maximum atomic E-state index is 12.5. The van der Waals surface area contributed by atoms with Gasteiger partial charge in [0.1, 0.15) is 0 Å². The molecule has 8 heteroatoms. The third-order valence-corrected chi connectivity index (χ3v) is 5.01. The number of anilines is 3. The summed E-state index contributed by atoms with van der Waals surface area (Å²) >= 11 is 5.88. The molecular formula is C17H15ClN4O2S. The van der Waals surface area contributed by atoms with Crippen LogP contribution in [-0.4, -0.2) is 14.6 Å². The van der Waals surface area contributed by atoms with Crippen LogP contribution in [0.5, 0.6) is 0 Å². The molecule has 2 aromatic rings. The molecule has 0 bridgehead atoms. The Hall–Kier alpha value is -2.77. The van der Waals surface area contributed by atoms with Crippen LogP contribution < -0.4 is 15.4 Å². The summed E-state index contributed by atoms with van der Waals surface area (Å²) in [4.78, 5) is 5.81. The van der Waals surface area contributed by atoms with E-state index in [9.17, 15) is 8.42 Å². The van der Waals surface area contributed by atoms with Gasteiger partial charge in [-0.1, -0.05) is 17.7 Å². The summed E-state index contributed by atoms with van der Waals surface area (Å²) in [7, 11) is -3.78. The maximum absolute atomic E-state index is 12.5. The Morgan fingerprint density at radius 3 is 2.72 bits per heavy atom. The maximum Gasteiger partial charge on any atom is 0.261 e. The van der Waals surface area contributed by atoms with Gasteiger partial charge in [-0.15, -0.1) is 0 Å². The third-order valence-electron chi connectivity index (χ3n) is 3.40. The summed E-state index contributed by atoms with van der Waals surface area (Å²) in [5.41, 5.74) is 7.41. The minimum Gasteiger partial charge on any atom is -0.397 e. The molecule has 0 saturated heterocycles. The third kappa shape index (κ3) is 4.01. The minimum absolute atomic E-state index is 0.0627. The summed E-state index contributed by atoms with van der Waals surface area (Å²) in [6, 6.07) is 11.0. The lowest BCUT2D eigenvalue weighted by Crippen LogP contribution is -2.14. The van der Waals surface area contributed by atoms with Crippen LogP contribution in [0, 0.1) is 0 Å². The van der Waals surface area contributed by atoms with Crippen molar-refractivity contribution in [2.75, 3.05) is 15.4 Å². The number of nitrogens with two attached hydrogens (primary N) is 1. The van der Waals surface area contributed by atoms with Crippen molar-refractivity contribution in [2.24, 2.45) is 4.99 Å². The number of benzene rings is 2. The number of nitrogen functional groups attached to an aromatic ring is 1. The van der Waals surface area contributed by atoms with Gasteiger partial charge in [-0.25, -0.2) is 8.42 Å². The highest BCUT2D eigenvalue weighted by molar-refractivity contribution is 7.92. The van der Waals surface area contributed by atoms with E-state index >= 15 is 0 Å². The van der Waals surface area contributed by atoms with E-state index in [1.165, 1.54) is 18.2 Å². The predicted octanol–water partition coefficient (Wildman–Crippen LogP) is 3.60. The van der Waals surface area contributed by atoms with Crippen LogP contribution in [-0.2, 0) is 10.0 Å². The van der Waals surface area contributed by atoms with Crippen molar-refractivity contribution in [3.63, 3.8) is 0 Å². The SMILES string of the molecule is Nc1cc(S(=O)(=O)Nc2cccc(Cl)c2)ccc1N1C=CC=NC=C1. The first-order chi connectivity index (χ1) is 12.0. The molecule has 0 unspecified atom stereocenters. The second-order valence-electron chi connectivity index (χ2n) is 5.18. The summed E-state index contributed by atoms with van der Waals surface area (Å²) in [5, 5.41) is 0.442. The molecule has 25 heavy (non-hydrogen) atoms. The highest BCUT2D eigenvalue weighted by atomic mass is 35.5. The molecule has 0 fully saturated rings. The Balaban J connectivity index is 1.89. The van der Waals surface area contributed by atoms with Crippen molar-refractivity contribution in [1.29, 1.82) is 0 Å². The molecule has 0 spiro atoms. The number of rotatable bonds is 4.